The maximum absolute atomic E-state index is 11.2. The van der Waals surface area contributed by atoms with Crippen LogP contribution in [0.3, 0.4) is 0 Å². The first-order valence-electron chi connectivity index (χ1n) is 5.91. The van der Waals surface area contributed by atoms with Crippen LogP contribution in [0.4, 0.5) is 0 Å². The molecule has 4 nitrogen and oxygen atoms in total. The lowest BCUT2D eigenvalue weighted by Crippen LogP contribution is -2.25. The largest absolute Gasteiger partial charge is 0.490 e. The Kier molecular flexibility index (Phi) is 6.71. The number of esters is 1. The summed E-state index contributed by atoms with van der Waals surface area (Å²) in [6.07, 6.45) is -0.898. The highest BCUT2D eigenvalue weighted by atomic mass is 79.9. The monoisotopic (exact) mass is 406 g/mol. The molecule has 0 saturated heterocycles. The molecule has 20 heavy (non-hydrogen) atoms. The quantitative estimate of drug-likeness (QED) is 0.580. The van der Waals surface area contributed by atoms with Crippen molar-refractivity contribution in [1.29, 1.82) is 0 Å². The molecule has 0 amide bonds. The van der Waals surface area contributed by atoms with Gasteiger partial charge in [-0.3, -0.25) is 0 Å². The molecule has 0 saturated carbocycles. The van der Waals surface area contributed by atoms with Crippen LogP contribution in [0.2, 0.25) is 0 Å². The zero-order valence-corrected chi connectivity index (χ0v) is 14.5. The molecule has 1 atom stereocenters. The molecule has 6 heteroatoms. The molecule has 0 aromatic heterocycles. The maximum Gasteiger partial charge on any atom is 0.333 e. The summed E-state index contributed by atoms with van der Waals surface area (Å²) in [4.78, 5) is 11.2. The van der Waals surface area contributed by atoms with Gasteiger partial charge in [0.15, 0.2) is 0 Å². The maximum atomic E-state index is 11.2. The third kappa shape index (κ3) is 4.92. The second kappa shape index (κ2) is 7.81. The summed E-state index contributed by atoms with van der Waals surface area (Å²) in [6.45, 7) is 6.86. The van der Waals surface area contributed by atoms with Crippen molar-refractivity contribution < 1.29 is 19.4 Å². The van der Waals surface area contributed by atoms with E-state index in [1.165, 1.54) is 0 Å². The van der Waals surface area contributed by atoms with Crippen molar-refractivity contribution in [3.8, 4) is 5.75 Å². The molecule has 1 rings (SSSR count). The lowest BCUT2D eigenvalue weighted by atomic mass is 10.2. The minimum absolute atomic E-state index is 0.0254. The summed E-state index contributed by atoms with van der Waals surface area (Å²) < 4.78 is 12.0. The normalized spacial score (nSPS) is 11.8. The number of halogens is 2. The van der Waals surface area contributed by atoms with Gasteiger partial charge >= 0.3 is 5.97 Å². The molecule has 1 aromatic rings. The molecule has 0 aliphatic carbocycles. The first-order valence-corrected chi connectivity index (χ1v) is 7.49. The van der Waals surface area contributed by atoms with Crippen molar-refractivity contribution in [3.63, 3.8) is 0 Å². The molecular weight excluding hydrogens is 392 g/mol. The fraction of sp³-hybridized carbons (Fsp3) is 0.357. The molecule has 0 spiro atoms. The van der Waals surface area contributed by atoms with Crippen LogP contribution in [0, 0.1) is 6.92 Å². The van der Waals surface area contributed by atoms with Gasteiger partial charge in [-0.25, -0.2) is 4.79 Å². The van der Waals surface area contributed by atoms with E-state index in [1.807, 2.05) is 13.0 Å². The second-order valence-electron chi connectivity index (χ2n) is 4.35. The molecule has 0 radical (unpaired) electrons. The third-order valence-corrected chi connectivity index (χ3v) is 4.77. The van der Waals surface area contributed by atoms with E-state index in [2.05, 4.69) is 38.4 Å². The number of hydrogen-bond acceptors (Lipinski definition) is 4. The highest BCUT2D eigenvalue weighted by Gasteiger charge is 2.12. The Balaban J connectivity index is 2.49. The van der Waals surface area contributed by atoms with E-state index in [0.29, 0.717) is 11.3 Å². The van der Waals surface area contributed by atoms with Gasteiger partial charge in [0.25, 0.3) is 0 Å². The SMILES string of the molecule is C=C(C)C(=O)OCC(O)COc1ccc(C)c(Br)c1Br. The van der Waals surface area contributed by atoms with Gasteiger partial charge in [0.2, 0.25) is 0 Å². The van der Waals surface area contributed by atoms with Crippen molar-refractivity contribution >= 4 is 37.8 Å². The first kappa shape index (κ1) is 17.2. The number of aryl methyl sites for hydroxylation is 1. The van der Waals surface area contributed by atoms with Crippen molar-refractivity contribution in [2.24, 2.45) is 0 Å². The molecule has 0 bridgehead atoms. The second-order valence-corrected chi connectivity index (χ2v) is 5.94. The standard InChI is InChI=1S/C14H16Br2O4/c1-8(2)14(18)20-7-10(17)6-19-11-5-4-9(3)12(15)13(11)16/h4-5,10,17H,1,6-7H2,2-3H3. The molecule has 0 heterocycles. The van der Waals surface area contributed by atoms with Crippen LogP contribution in [0.1, 0.15) is 12.5 Å². The van der Waals surface area contributed by atoms with E-state index < -0.39 is 12.1 Å². The van der Waals surface area contributed by atoms with Crippen molar-refractivity contribution in [2.75, 3.05) is 13.2 Å². The third-order valence-electron chi connectivity index (χ3n) is 2.43. The minimum atomic E-state index is -0.898. The summed E-state index contributed by atoms with van der Waals surface area (Å²) in [5, 5.41) is 9.70. The Hall–Kier alpha value is -0.850. The fourth-order valence-corrected chi connectivity index (χ4v) is 2.16. The Labute approximate surface area is 135 Å². The van der Waals surface area contributed by atoms with Crippen LogP contribution < -0.4 is 4.74 Å². The average Bonchev–Trinajstić information content (AvgIpc) is 2.41. The number of carbonyl (C=O) groups is 1. The summed E-state index contributed by atoms with van der Waals surface area (Å²) in [7, 11) is 0. The van der Waals surface area contributed by atoms with Gasteiger partial charge in [-0.2, -0.15) is 0 Å². The zero-order chi connectivity index (χ0) is 15.3. The van der Waals surface area contributed by atoms with Crippen molar-refractivity contribution in [2.45, 2.75) is 20.0 Å². The highest BCUT2D eigenvalue weighted by Crippen LogP contribution is 2.34. The Morgan fingerprint density at radius 2 is 2.00 bits per heavy atom. The zero-order valence-electron chi connectivity index (χ0n) is 11.3. The smallest absolute Gasteiger partial charge is 0.333 e. The van der Waals surface area contributed by atoms with Crippen LogP contribution in [0.15, 0.2) is 33.2 Å². The molecule has 0 aliphatic rings. The minimum Gasteiger partial charge on any atom is -0.490 e. The summed E-state index contributed by atoms with van der Waals surface area (Å²) >= 11 is 6.85. The average molecular weight is 408 g/mol. The number of ether oxygens (including phenoxy) is 2. The van der Waals surface area contributed by atoms with Gasteiger partial charge in [0.1, 0.15) is 25.1 Å². The van der Waals surface area contributed by atoms with E-state index >= 15 is 0 Å². The molecule has 0 fully saturated rings. The van der Waals surface area contributed by atoms with Gasteiger partial charge in [0.05, 0.1) is 4.47 Å². The van der Waals surface area contributed by atoms with Gasteiger partial charge in [0, 0.05) is 10.0 Å². The van der Waals surface area contributed by atoms with Gasteiger partial charge in [-0.1, -0.05) is 12.6 Å². The predicted molar refractivity (Wildman–Crippen MR) is 83.9 cm³/mol. The number of carbonyl (C=O) groups excluding carboxylic acids is 1. The lowest BCUT2D eigenvalue weighted by Gasteiger charge is -2.14. The van der Waals surface area contributed by atoms with E-state index in [1.54, 1.807) is 13.0 Å². The van der Waals surface area contributed by atoms with E-state index in [9.17, 15) is 9.90 Å². The van der Waals surface area contributed by atoms with Crippen LogP contribution in [-0.4, -0.2) is 30.4 Å². The summed E-state index contributed by atoms with van der Waals surface area (Å²) in [6, 6.07) is 3.70. The Bertz CT molecular complexity index is 514. The highest BCUT2D eigenvalue weighted by molar-refractivity contribution is 9.13. The molecule has 0 aliphatic heterocycles. The van der Waals surface area contributed by atoms with Gasteiger partial charge in [-0.15, -0.1) is 0 Å². The first-order chi connectivity index (χ1) is 9.32. The van der Waals surface area contributed by atoms with Gasteiger partial charge in [-0.05, 0) is 57.3 Å². The summed E-state index contributed by atoms with van der Waals surface area (Å²) in [5.41, 5.74) is 1.36. The Morgan fingerprint density at radius 3 is 2.60 bits per heavy atom. The number of rotatable bonds is 6. The lowest BCUT2D eigenvalue weighted by molar-refractivity contribution is -0.142. The van der Waals surface area contributed by atoms with E-state index in [0.717, 1.165) is 14.5 Å². The molecule has 1 unspecified atom stereocenters. The summed E-state index contributed by atoms with van der Waals surface area (Å²) in [5.74, 6) is 0.0797. The predicted octanol–water partition coefficient (Wildman–Crippen LogP) is 3.38. The van der Waals surface area contributed by atoms with E-state index in [4.69, 9.17) is 9.47 Å². The topological polar surface area (TPSA) is 55.8 Å². The molecule has 1 aromatic carbocycles. The van der Waals surface area contributed by atoms with Gasteiger partial charge < -0.3 is 14.6 Å². The molecular formula is C14H16Br2O4. The number of hydrogen-bond donors (Lipinski definition) is 1. The van der Waals surface area contributed by atoms with Crippen LogP contribution >= 0.6 is 31.9 Å². The number of aliphatic hydroxyl groups is 1. The van der Waals surface area contributed by atoms with Crippen LogP contribution in [0.25, 0.3) is 0 Å². The van der Waals surface area contributed by atoms with Crippen molar-refractivity contribution in [3.05, 3.63) is 38.8 Å². The number of aliphatic hydroxyl groups excluding tert-OH is 1. The molecule has 110 valence electrons. The van der Waals surface area contributed by atoms with E-state index in [-0.39, 0.29) is 13.2 Å². The Morgan fingerprint density at radius 1 is 1.35 bits per heavy atom. The van der Waals surface area contributed by atoms with Crippen LogP contribution in [-0.2, 0) is 9.53 Å². The number of benzene rings is 1. The molecule has 1 N–H and O–H groups in total. The fourth-order valence-electron chi connectivity index (χ4n) is 1.27. The van der Waals surface area contributed by atoms with Crippen molar-refractivity contribution in [1.82, 2.24) is 0 Å². The van der Waals surface area contributed by atoms with Crippen LogP contribution in [0.5, 0.6) is 5.75 Å².